The first-order valence-electron chi connectivity index (χ1n) is 3.80. The van der Waals surface area contributed by atoms with Gasteiger partial charge in [-0.05, 0) is 12.1 Å². The third-order valence-electron chi connectivity index (χ3n) is 1.10. The normalized spacial score (nSPS) is 11.1. The summed E-state index contributed by atoms with van der Waals surface area (Å²) in [4.78, 5) is 14.5. The molecular weight excluding hydrogens is 294 g/mol. The molecular formula is C6H7NO9S2. The average molecular weight is 301 g/mol. The molecule has 0 aliphatic carbocycles. The summed E-state index contributed by atoms with van der Waals surface area (Å²) in [5, 5.41) is 0. The van der Waals surface area contributed by atoms with Crippen LogP contribution in [0.25, 0.3) is 0 Å². The average Bonchev–Trinajstić information content (AvgIpc) is 2.14. The van der Waals surface area contributed by atoms with Gasteiger partial charge in [0.05, 0.1) is 5.56 Å². The molecule has 1 rings (SSSR count). The molecule has 0 spiro atoms. The molecule has 1 heterocycles. The van der Waals surface area contributed by atoms with E-state index in [-0.39, 0.29) is 5.56 Å². The maximum Gasteiger partial charge on any atom is 0.449 e. The Hall–Kier alpha value is -1.60. The Morgan fingerprint density at radius 2 is 1.44 bits per heavy atom. The monoisotopic (exact) mass is 301 g/mol. The van der Waals surface area contributed by atoms with E-state index in [1.807, 2.05) is 0 Å². The Labute approximate surface area is 102 Å². The molecule has 0 fully saturated rings. The molecule has 1 aromatic rings. The molecule has 0 saturated carbocycles. The lowest BCUT2D eigenvalue weighted by Gasteiger charge is -1.98. The lowest BCUT2D eigenvalue weighted by atomic mass is 10.3. The molecule has 3 N–H and O–H groups in total. The highest BCUT2D eigenvalue weighted by Crippen LogP contribution is 2.01. The minimum atomic E-state index is -4.74. The van der Waals surface area contributed by atoms with Crippen LogP contribution in [0.15, 0.2) is 24.5 Å². The maximum atomic E-state index is 10.9. The number of hydrogen-bond donors (Lipinski definition) is 3. The molecule has 18 heavy (non-hydrogen) atoms. The Kier molecular flexibility index (Phi) is 5.80. The third-order valence-corrected chi connectivity index (χ3v) is 1.46. The molecule has 102 valence electrons. The van der Waals surface area contributed by atoms with Crippen molar-refractivity contribution in [2.45, 2.75) is 0 Å². The second kappa shape index (κ2) is 6.36. The fourth-order valence-corrected chi connectivity index (χ4v) is 0.919. The summed E-state index contributed by atoms with van der Waals surface area (Å²) in [5.41, 5.74) is -0.00683. The van der Waals surface area contributed by atoms with Crippen molar-refractivity contribution in [3.05, 3.63) is 30.1 Å². The number of rotatable bonds is 2. The van der Waals surface area contributed by atoms with Gasteiger partial charge in [0, 0.05) is 12.4 Å². The van der Waals surface area contributed by atoms with Gasteiger partial charge in [0.1, 0.15) is 0 Å². The van der Waals surface area contributed by atoms with Crippen LogP contribution in [-0.4, -0.2) is 41.4 Å². The van der Waals surface area contributed by atoms with E-state index in [1.54, 1.807) is 0 Å². The van der Waals surface area contributed by atoms with Gasteiger partial charge in [-0.25, -0.2) is 4.79 Å². The number of aromatic nitrogens is 1. The maximum absolute atomic E-state index is 10.9. The summed E-state index contributed by atoms with van der Waals surface area (Å²) in [7, 11) is -9.41. The van der Waals surface area contributed by atoms with Gasteiger partial charge in [0.2, 0.25) is 0 Å². The lowest BCUT2D eigenvalue weighted by Crippen LogP contribution is -2.11. The van der Waals surface area contributed by atoms with Crippen molar-refractivity contribution < 1.29 is 39.5 Å². The molecule has 10 nitrogen and oxygen atoms in total. The predicted molar refractivity (Wildman–Crippen MR) is 55.4 cm³/mol. The van der Waals surface area contributed by atoms with Gasteiger partial charge in [-0.2, -0.15) is 16.8 Å². The smallest absolute Gasteiger partial charge is 0.320 e. The zero-order chi connectivity index (χ0) is 14.4. The van der Waals surface area contributed by atoms with E-state index in [2.05, 4.69) is 9.17 Å². The molecule has 0 radical (unpaired) electrons. The van der Waals surface area contributed by atoms with Gasteiger partial charge in [-0.15, -0.1) is 0 Å². The van der Waals surface area contributed by atoms with Crippen LogP contribution in [0.5, 0.6) is 0 Å². The third kappa shape index (κ3) is 10.9. The first-order chi connectivity index (χ1) is 7.99. The van der Waals surface area contributed by atoms with Crippen LogP contribution in [0.3, 0.4) is 0 Å². The van der Waals surface area contributed by atoms with Gasteiger partial charge in [0.25, 0.3) is 0 Å². The fraction of sp³-hybridized carbons (Fsp3) is 0. The topological polar surface area (TPSA) is 168 Å². The van der Waals surface area contributed by atoms with Gasteiger partial charge < -0.3 is 4.18 Å². The SMILES string of the molecule is O=C(OS(=O)(=O)O)c1ccncc1.O=S(=O)(O)O. The number of hydrogen-bond acceptors (Lipinski definition) is 7. The number of carbonyl (C=O) groups is 1. The van der Waals surface area contributed by atoms with E-state index in [1.165, 1.54) is 24.5 Å². The van der Waals surface area contributed by atoms with Crippen molar-refractivity contribution in [1.82, 2.24) is 4.98 Å². The second-order valence-electron chi connectivity index (χ2n) is 2.48. The highest BCUT2D eigenvalue weighted by molar-refractivity contribution is 7.81. The van der Waals surface area contributed by atoms with Gasteiger partial charge in [-0.3, -0.25) is 18.6 Å². The second-order valence-corrected chi connectivity index (χ2v) is 4.40. The van der Waals surface area contributed by atoms with E-state index in [0.29, 0.717) is 0 Å². The highest BCUT2D eigenvalue weighted by Gasteiger charge is 2.14. The minimum Gasteiger partial charge on any atom is -0.320 e. The Balaban J connectivity index is 0.000000494. The molecule has 0 unspecified atom stereocenters. The van der Waals surface area contributed by atoms with Crippen molar-refractivity contribution in [3.63, 3.8) is 0 Å². The van der Waals surface area contributed by atoms with Gasteiger partial charge in [-0.1, -0.05) is 0 Å². The van der Waals surface area contributed by atoms with E-state index in [4.69, 9.17) is 22.1 Å². The predicted octanol–water partition coefficient (Wildman–Crippen LogP) is -0.612. The molecule has 0 saturated heterocycles. The molecule has 0 bridgehead atoms. The minimum absolute atomic E-state index is 0.00683. The first-order valence-corrected chi connectivity index (χ1v) is 6.56. The van der Waals surface area contributed by atoms with Crippen LogP contribution in [0, 0.1) is 0 Å². The summed E-state index contributed by atoms with van der Waals surface area (Å²) in [6.45, 7) is 0. The van der Waals surface area contributed by atoms with E-state index in [9.17, 15) is 13.2 Å². The molecule has 0 aromatic carbocycles. The summed E-state index contributed by atoms with van der Waals surface area (Å²) in [6, 6.07) is 2.51. The highest BCUT2D eigenvalue weighted by atomic mass is 32.3. The fourth-order valence-electron chi connectivity index (χ4n) is 0.632. The van der Waals surface area contributed by atoms with E-state index < -0.39 is 26.8 Å². The summed E-state index contributed by atoms with van der Waals surface area (Å²) >= 11 is 0. The molecule has 0 atom stereocenters. The van der Waals surface area contributed by atoms with Crippen LogP contribution in [0.4, 0.5) is 0 Å². The largest absolute Gasteiger partial charge is 0.449 e. The van der Waals surface area contributed by atoms with Crippen molar-refractivity contribution in [1.29, 1.82) is 0 Å². The van der Waals surface area contributed by atoms with Gasteiger partial charge >= 0.3 is 26.8 Å². The Bertz CT molecular complexity index is 583. The molecule has 0 aliphatic rings. The summed E-state index contributed by atoms with van der Waals surface area (Å²) in [6.07, 6.45) is 2.58. The van der Waals surface area contributed by atoms with Gasteiger partial charge in [0.15, 0.2) is 0 Å². The Morgan fingerprint density at radius 1 is 1.06 bits per heavy atom. The van der Waals surface area contributed by atoms with Crippen LogP contribution in [0.2, 0.25) is 0 Å². The zero-order valence-corrected chi connectivity index (χ0v) is 10.00. The number of nitrogens with zero attached hydrogens (tertiary/aromatic N) is 1. The van der Waals surface area contributed by atoms with Crippen molar-refractivity contribution in [3.8, 4) is 0 Å². The summed E-state index contributed by atoms with van der Waals surface area (Å²) < 4.78 is 63.7. The van der Waals surface area contributed by atoms with Crippen molar-refractivity contribution in [2.75, 3.05) is 0 Å². The lowest BCUT2D eigenvalue weighted by molar-refractivity contribution is 0.0727. The molecule has 12 heteroatoms. The van der Waals surface area contributed by atoms with Crippen molar-refractivity contribution in [2.24, 2.45) is 0 Å². The Morgan fingerprint density at radius 3 is 1.78 bits per heavy atom. The molecule has 1 aromatic heterocycles. The summed E-state index contributed by atoms with van der Waals surface area (Å²) in [5.74, 6) is -1.15. The number of carbonyl (C=O) groups excluding carboxylic acids is 1. The van der Waals surface area contributed by atoms with Crippen LogP contribution < -0.4 is 0 Å². The number of pyridine rings is 1. The van der Waals surface area contributed by atoms with E-state index >= 15 is 0 Å². The molecule has 0 amide bonds. The van der Waals surface area contributed by atoms with E-state index in [0.717, 1.165) is 0 Å². The molecule has 0 aliphatic heterocycles. The quantitative estimate of drug-likeness (QED) is 0.599. The first kappa shape index (κ1) is 16.4. The van der Waals surface area contributed by atoms with Crippen molar-refractivity contribution >= 4 is 26.8 Å². The van der Waals surface area contributed by atoms with Crippen LogP contribution in [-0.2, 0) is 25.0 Å². The van der Waals surface area contributed by atoms with Crippen LogP contribution in [0.1, 0.15) is 10.4 Å². The van der Waals surface area contributed by atoms with Crippen LogP contribution >= 0.6 is 0 Å². The standard InChI is InChI=1S/C6H5NO5S.H2O4S/c8-6(12-13(9,10)11)5-1-3-7-4-2-5;1-5(2,3)4/h1-4H,(H,9,10,11);(H2,1,2,3,4). The zero-order valence-electron chi connectivity index (χ0n) is 8.36.